The second-order valence-corrected chi connectivity index (χ2v) is 8.13. The van der Waals surface area contributed by atoms with Gasteiger partial charge in [-0.25, -0.2) is 4.98 Å². The smallest absolute Gasteiger partial charge is 0.362 e. The molecule has 1 aliphatic rings. The van der Waals surface area contributed by atoms with Gasteiger partial charge in [0, 0.05) is 43.1 Å². The van der Waals surface area contributed by atoms with Crippen LogP contribution < -0.4 is 15.1 Å². The maximum absolute atomic E-state index is 13.3. The lowest BCUT2D eigenvalue weighted by molar-refractivity contribution is -0.171. The van der Waals surface area contributed by atoms with Crippen molar-refractivity contribution in [1.82, 2.24) is 9.97 Å². The highest BCUT2D eigenvalue weighted by Crippen LogP contribution is 2.32. The van der Waals surface area contributed by atoms with Crippen molar-refractivity contribution in [3.8, 4) is 0 Å². The van der Waals surface area contributed by atoms with E-state index in [4.69, 9.17) is 0 Å². The molecule has 1 aliphatic carbocycles. The van der Waals surface area contributed by atoms with Gasteiger partial charge < -0.3 is 15.1 Å². The number of nitrogens with one attached hydrogen (secondary N) is 1. The van der Waals surface area contributed by atoms with Crippen LogP contribution in [-0.4, -0.2) is 48.2 Å². The van der Waals surface area contributed by atoms with Gasteiger partial charge in [-0.3, -0.25) is 4.79 Å². The second-order valence-electron chi connectivity index (χ2n) is 8.13. The first kappa shape index (κ1) is 22.8. The van der Waals surface area contributed by atoms with Gasteiger partial charge in [0.2, 0.25) is 5.95 Å². The van der Waals surface area contributed by atoms with Crippen molar-refractivity contribution in [2.45, 2.75) is 57.8 Å². The Morgan fingerprint density at radius 3 is 2.19 bits per heavy atom. The summed E-state index contributed by atoms with van der Waals surface area (Å²) in [7, 11) is 3.83. The number of carbonyl (C=O) groups is 1. The predicted molar refractivity (Wildman–Crippen MR) is 115 cm³/mol. The largest absolute Gasteiger partial charge is 0.471 e. The van der Waals surface area contributed by atoms with E-state index in [1.165, 1.54) is 0 Å². The number of para-hydroxylation sites is 1. The summed E-state index contributed by atoms with van der Waals surface area (Å²) < 4.78 is 39.8. The molecule has 6 nitrogen and oxygen atoms in total. The summed E-state index contributed by atoms with van der Waals surface area (Å²) in [6.07, 6.45) is -2.76. The number of aryl methyl sites for hydroxylation is 1. The van der Waals surface area contributed by atoms with Crippen LogP contribution in [0, 0.1) is 13.8 Å². The molecule has 9 heteroatoms. The number of aromatic nitrogens is 2. The van der Waals surface area contributed by atoms with Crippen LogP contribution in [0.5, 0.6) is 0 Å². The van der Waals surface area contributed by atoms with Crippen molar-refractivity contribution in [2.24, 2.45) is 0 Å². The van der Waals surface area contributed by atoms with E-state index in [1.807, 2.05) is 32.8 Å². The average Bonchev–Trinajstić information content (AvgIpc) is 2.72. The molecule has 31 heavy (non-hydrogen) atoms. The van der Waals surface area contributed by atoms with Crippen LogP contribution in [0.15, 0.2) is 30.3 Å². The molecular weight excluding hydrogens is 407 g/mol. The molecule has 1 amide bonds. The highest BCUT2D eigenvalue weighted by atomic mass is 19.4. The number of hydrogen-bond donors (Lipinski definition) is 1. The summed E-state index contributed by atoms with van der Waals surface area (Å²) >= 11 is 0. The van der Waals surface area contributed by atoms with Crippen LogP contribution in [0.1, 0.15) is 36.9 Å². The van der Waals surface area contributed by atoms with E-state index in [0.29, 0.717) is 31.6 Å². The Balaban J connectivity index is 1.72. The molecule has 1 aromatic carbocycles. The van der Waals surface area contributed by atoms with Crippen molar-refractivity contribution in [3.63, 3.8) is 0 Å². The fraction of sp³-hybridized carbons (Fsp3) is 0.500. The second kappa shape index (κ2) is 9.11. The fourth-order valence-electron chi connectivity index (χ4n) is 3.99. The number of anilines is 3. The number of hydrogen-bond acceptors (Lipinski definition) is 5. The van der Waals surface area contributed by atoms with Gasteiger partial charge >= 0.3 is 12.1 Å². The number of halogens is 3. The molecular formula is C22H28F3N5O. The predicted octanol–water partition coefficient (Wildman–Crippen LogP) is 4.48. The van der Waals surface area contributed by atoms with E-state index >= 15 is 0 Å². The lowest BCUT2D eigenvalue weighted by Crippen LogP contribution is -2.49. The molecule has 1 N–H and O–H groups in total. The third-order valence-electron chi connectivity index (χ3n) is 5.68. The Hall–Kier alpha value is -2.84. The maximum Gasteiger partial charge on any atom is 0.471 e. The van der Waals surface area contributed by atoms with Crippen LogP contribution >= 0.6 is 0 Å². The lowest BCUT2D eigenvalue weighted by Gasteiger charge is -2.37. The highest BCUT2D eigenvalue weighted by molar-refractivity contribution is 5.97. The van der Waals surface area contributed by atoms with Crippen molar-refractivity contribution < 1.29 is 18.0 Å². The van der Waals surface area contributed by atoms with Gasteiger partial charge in [0.05, 0.1) is 0 Å². The molecule has 1 aromatic heterocycles. The monoisotopic (exact) mass is 435 g/mol. The first-order valence-electron chi connectivity index (χ1n) is 10.3. The Morgan fingerprint density at radius 2 is 1.65 bits per heavy atom. The van der Waals surface area contributed by atoms with Crippen LogP contribution in [-0.2, 0) is 4.79 Å². The zero-order chi connectivity index (χ0) is 22.8. The van der Waals surface area contributed by atoms with Gasteiger partial charge in [-0.15, -0.1) is 0 Å². The summed E-state index contributed by atoms with van der Waals surface area (Å²) in [6, 6.07) is 7.60. The normalized spacial score (nSPS) is 19.1. The minimum atomic E-state index is -4.92. The van der Waals surface area contributed by atoms with E-state index < -0.39 is 18.1 Å². The summed E-state index contributed by atoms with van der Waals surface area (Å²) in [5.74, 6) is -0.473. The quantitative estimate of drug-likeness (QED) is 0.751. The fourth-order valence-corrected chi connectivity index (χ4v) is 3.99. The zero-order valence-corrected chi connectivity index (χ0v) is 18.2. The van der Waals surface area contributed by atoms with Gasteiger partial charge in [-0.1, -0.05) is 18.2 Å². The minimum Gasteiger partial charge on any atom is -0.362 e. The molecule has 0 saturated heterocycles. The zero-order valence-electron chi connectivity index (χ0n) is 18.2. The molecule has 3 rings (SSSR count). The Labute approximate surface area is 180 Å². The van der Waals surface area contributed by atoms with Crippen LogP contribution in [0.4, 0.5) is 30.6 Å². The van der Waals surface area contributed by atoms with Gasteiger partial charge in [-0.2, -0.15) is 18.2 Å². The molecule has 0 aliphatic heterocycles. The van der Waals surface area contributed by atoms with E-state index in [2.05, 4.69) is 15.3 Å². The number of rotatable bonds is 5. The van der Waals surface area contributed by atoms with Gasteiger partial charge in [0.25, 0.3) is 0 Å². The van der Waals surface area contributed by atoms with Crippen LogP contribution in [0.3, 0.4) is 0 Å². The molecule has 0 bridgehead atoms. The maximum atomic E-state index is 13.3. The molecule has 1 saturated carbocycles. The third kappa shape index (κ3) is 5.26. The molecule has 2 aromatic rings. The molecule has 0 atom stereocenters. The Bertz CT molecular complexity index is 909. The number of nitrogens with zero attached hydrogens (tertiary/aromatic N) is 4. The molecule has 0 unspecified atom stereocenters. The summed E-state index contributed by atoms with van der Waals surface area (Å²) in [5, 5.41) is 3.33. The van der Waals surface area contributed by atoms with Gasteiger partial charge in [0.1, 0.15) is 5.82 Å². The lowest BCUT2D eigenvalue weighted by atomic mass is 9.89. The van der Waals surface area contributed by atoms with Crippen molar-refractivity contribution in [2.75, 3.05) is 29.2 Å². The van der Waals surface area contributed by atoms with E-state index in [1.54, 1.807) is 30.3 Å². The van der Waals surface area contributed by atoms with Crippen LogP contribution in [0.25, 0.3) is 0 Å². The first-order chi connectivity index (χ1) is 14.6. The van der Waals surface area contributed by atoms with Crippen LogP contribution in [0.2, 0.25) is 0 Å². The summed E-state index contributed by atoms with van der Waals surface area (Å²) in [6.45, 7) is 3.89. The number of benzene rings is 1. The molecule has 168 valence electrons. The van der Waals surface area contributed by atoms with Crippen molar-refractivity contribution in [3.05, 3.63) is 41.6 Å². The summed E-state index contributed by atoms with van der Waals surface area (Å²) in [4.78, 5) is 24.1. The standard InChI is InChI=1S/C22H28F3N5O/c1-14-15(2)26-21(28-19(14)29(3)4)27-16-10-12-18(13-11-16)30(20(31)22(23,24)25)17-8-6-5-7-9-17/h5-9,16,18H,10-13H2,1-4H3,(H,26,27,28). The SMILES string of the molecule is Cc1nc(NC2CCC(N(C(=O)C(F)(F)F)c3ccccc3)CC2)nc(N(C)C)c1C. The number of alkyl halides is 3. The van der Waals surface area contributed by atoms with Gasteiger partial charge in [0.15, 0.2) is 0 Å². The highest BCUT2D eigenvalue weighted by Gasteiger charge is 2.45. The first-order valence-corrected chi connectivity index (χ1v) is 10.3. The van der Waals surface area contributed by atoms with Crippen molar-refractivity contribution >= 4 is 23.4 Å². The molecule has 1 fully saturated rings. The minimum absolute atomic E-state index is 0.0342. The van der Waals surface area contributed by atoms with E-state index in [-0.39, 0.29) is 11.7 Å². The molecule has 0 spiro atoms. The number of amides is 1. The summed E-state index contributed by atoms with van der Waals surface area (Å²) in [5.41, 5.74) is 2.15. The van der Waals surface area contributed by atoms with E-state index in [0.717, 1.165) is 22.0 Å². The third-order valence-corrected chi connectivity index (χ3v) is 5.68. The topological polar surface area (TPSA) is 61.4 Å². The average molecular weight is 435 g/mol. The Morgan fingerprint density at radius 1 is 1.03 bits per heavy atom. The molecule has 1 heterocycles. The van der Waals surface area contributed by atoms with Crippen molar-refractivity contribution in [1.29, 1.82) is 0 Å². The molecule has 0 radical (unpaired) electrons. The number of carbonyl (C=O) groups excluding carboxylic acids is 1. The Kier molecular flexibility index (Phi) is 6.71. The van der Waals surface area contributed by atoms with Gasteiger partial charge in [-0.05, 0) is 51.7 Å². The van der Waals surface area contributed by atoms with E-state index in [9.17, 15) is 18.0 Å².